The first kappa shape index (κ1) is 9.75. The SMILES string of the molecule is OB(O)c1cc(I)cc(I)c1. The highest BCUT2D eigenvalue weighted by molar-refractivity contribution is 14.1. The molecule has 0 bridgehead atoms. The number of hydrogen-bond donors (Lipinski definition) is 2. The third-order valence-electron chi connectivity index (χ3n) is 1.18. The van der Waals surface area contributed by atoms with Gasteiger partial charge in [0.15, 0.2) is 0 Å². The molecular formula is C6H5BI2O2. The Morgan fingerprint density at radius 2 is 1.45 bits per heavy atom. The molecule has 0 fully saturated rings. The average molecular weight is 374 g/mol. The molecule has 1 aromatic carbocycles. The first-order valence-electron chi connectivity index (χ1n) is 2.92. The summed E-state index contributed by atoms with van der Waals surface area (Å²) in [6.45, 7) is 0. The molecule has 0 aromatic heterocycles. The molecule has 0 heterocycles. The van der Waals surface area contributed by atoms with Crippen LogP contribution in [-0.2, 0) is 0 Å². The van der Waals surface area contributed by atoms with Gasteiger partial charge < -0.3 is 10.0 Å². The van der Waals surface area contributed by atoms with E-state index in [1.165, 1.54) is 0 Å². The predicted octanol–water partition coefficient (Wildman–Crippen LogP) is 0.576. The second kappa shape index (κ2) is 4.06. The topological polar surface area (TPSA) is 40.5 Å². The maximum Gasteiger partial charge on any atom is 0.488 e. The molecule has 0 atom stereocenters. The van der Waals surface area contributed by atoms with Gasteiger partial charge in [0, 0.05) is 7.14 Å². The minimum absolute atomic E-state index is 0.543. The van der Waals surface area contributed by atoms with Gasteiger partial charge in [-0.2, -0.15) is 0 Å². The molecule has 0 aliphatic heterocycles. The Morgan fingerprint density at radius 3 is 1.82 bits per heavy atom. The van der Waals surface area contributed by atoms with Crippen molar-refractivity contribution in [1.82, 2.24) is 0 Å². The molecule has 0 saturated heterocycles. The summed E-state index contributed by atoms with van der Waals surface area (Å²) in [5, 5.41) is 17.6. The molecule has 2 N–H and O–H groups in total. The van der Waals surface area contributed by atoms with Crippen molar-refractivity contribution >= 4 is 57.8 Å². The molecule has 0 aliphatic rings. The van der Waals surface area contributed by atoms with Crippen molar-refractivity contribution in [3.63, 3.8) is 0 Å². The van der Waals surface area contributed by atoms with Gasteiger partial charge in [0.1, 0.15) is 0 Å². The highest BCUT2D eigenvalue weighted by Gasteiger charge is 2.11. The van der Waals surface area contributed by atoms with Crippen molar-refractivity contribution < 1.29 is 10.0 Å². The maximum absolute atomic E-state index is 8.82. The zero-order chi connectivity index (χ0) is 8.43. The molecule has 0 aliphatic carbocycles. The van der Waals surface area contributed by atoms with Crippen LogP contribution in [0.3, 0.4) is 0 Å². The van der Waals surface area contributed by atoms with E-state index in [0.717, 1.165) is 7.14 Å². The lowest BCUT2D eigenvalue weighted by atomic mass is 9.81. The summed E-state index contributed by atoms with van der Waals surface area (Å²) < 4.78 is 2.02. The second-order valence-electron chi connectivity index (χ2n) is 2.08. The van der Waals surface area contributed by atoms with Crippen LogP contribution >= 0.6 is 45.2 Å². The first-order chi connectivity index (χ1) is 5.09. The van der Waals surface area contributed by atoms with Gasteiger partial charge in [0.25, 0.3) is 0 Å². The van der Waals surface area contributed by atoms with Crippen molar-refractivity contribution in [3.8, 4) is 0 Å². The molecule has 0 saturated carbocycles. The van der Waals surface area contributed by atoms with Gasteiger partial charge in [-0.3, -0.25) is 0 Å². The summed E-state index contributed by atoms with van der Waals surface area (Å²) in [4.78, 5) is 0. The van der Waals surface area contributed by atoms with E-state index in [-0.39, 0.29) is 0 Å². The molecular weight excluding hydrogens is 369 g/mol. The summed E-state index contributed by atoms with van der Waals surface area (Å²) in [6, 6.07) is 5.45. The Labute approximate surface area is 92.4 Å². The van der Waals surface area contributed by atoms with Crippen LogP contribution in [0.5, 0.6) is 0 Å². The molecule has 1 aromatic rings. The monoisotopic (exact) mass is 374 g/mol. The lowest BCUT2D eigenvalue weighted by Gasteiger charge is -2.00. The van der Waals surface area contributed by atoms with Crippen LogP contribution in [-0.4, -0.2) is 17.2 Å². The van der Waals surface area contributed by atoms with Gasteiger partial charge in [0.05, 0.1) is 0 Å². The molecule has 1 rings (SSSR count). The number of hydrogen-bond acceptors (Lipinski definition) is 2. The zero-order valence-electron chi connectivity index (χ0n) is 5.46. The first-order valence-corrected chi connectivity index (χ1v) is 5.07. The Morgan fingerprint density at radius 1 is 1.00 bits per heavy atom. The Hall–Kier alpha value is 0.665. The van der Waals surface area contributed by atoms with Crippen molar-refractivity contribution in [1.29, 1.82) is 0 Å². The van der Waals surface area contributed by atoms with Crippen LogP contribution in [0.1, 0.15) is 0 Å². The second-order valence-corrected chi connectivity index (χ2v) is 4.57. The van der Waals surface area contributed by atoms with E-state index in [4.69, 9.17) is 10.0 Å². The summed E-state index contributed by atoms with van der Waals surface area (Å²) in [5.41, 5.74) is 0.543. The standard InChI is InChI=1S/C6H5BI2O2/c8-5-1-4(7(10)11)2-6(9)3-5/h1-3,10-11H. The minimum atomic E-state index is -1.36. The van der Waals surface area contributed by atoms with Crippen LogP contribution < -0.4 is 5.46 Å². The van der Waals surface area contributed by atoms with Gasteiger partial charge >= 0.3 is 7.12 Å². The fourth-order valence-electron chi connectivity index (χ4n) is 0.724. The van der Waals surface area contributed by atoms with E-state index >= 15 is 0 Å². The lowest BCUT2D eigenvalue weighted by Crippen LogP contribution is -2.30. The van der Waals surface area contributed by atoms with E-state index in [1.54, 1.807) is 12.1 Å². The smallest absolute Gasteiger partial charge is 0.423 e. The lowest BCUT2D eigenvalue weighted by molar-refractivity contribution is 0.425. The largest absolute Gasteiger partial charge is 0.488 e. The predicted molar refractivity (Wildman–Crippen MR) is 61.7 cm³/mol. The van der Waals surface area contributed by atoms with Gasteiger partial charge in [-0.1, -0.05) is 0 Å². The number of rotatable bonds is 1. The Kier molecular flexibility index (Phi) is 3.60. The van der Waals surface area contributed by atoms with Crippen molar-refractivity contribution in [2.24, 2.45) is 0 Å². The van der Waals surface area contributed by atoms with E-state index in [2.05, 4.69) is 45.2 Å². The van der Waals surface area contributed by atoms with Gasteiger partial charge in [-0.25, -0.2) is 0 Å². The third-order valence-corrected chi connectivity index (χ3v) is 2.43. The molecule has 5 heteroatoms. The molecule has 11 heavy (non-hydrogen) atoms. The summed E-state index contributed by atoms with van der Waals surface area (Å²) in [7, 11) is -1.36. The number of benzene rings is 1. The third kappa shape index (κ3) is 2.88. The highest BCUT2D eigenvalue weighted by atomic mass is 127. The van der Waals surface area contributed by atoms with Crippen LogP contribution in [0.4, 0.5) is 0 Å². The van der Waals surface area contributed by atoms with Crippen LogP contribution in [0, 0.1) is 7.14 Å². The van der Waals surface area contributed by atoms with E-state index in [1.807, 2.05) is 6.07 Å². The molecule has 0 amide bonds. The quantitative estimate of drug-likeness (QED) is 0.558. The van der Waals surface area contributed by atoms with Crippen molar-refractivity contribution in [3.05, 3.63) is 25.3 Å². The molecule has 0 unspecified atom stereocenters. The van der Waals surface area contributed by atoms with Gasteiger partial charge in [-0.15, -0.1) is 0 Å². The fraction of sp³-hybridized carbons (Fsp3) is 0. The number of halogens is 2. The normalized spacial score (nSPS) is 9.82. The molecule has 0 spiro atoms. The van der Waals surface area contributed by atoms with Crippen LogP contribution in [0.15, 0.2) is 18.2 Å². The van der Waals surface area contributed by atoms with Crippen molar-refractivity contribution in [2.75, 3.05) is 0 Å². The average Bonchev–Trinajstić information content (AvgIpc) is 1.85. The van der Waals surface area contributed by atoms with Gasteiger partial charge in [-0.05, 0) is 68.8 Å². The zero-order valence-corrected chi connectivity index (χ0v) is 9.77. The summed E-state index contributed by atoms with van der Waals surface area (Å²) in [5.74, 6) is 0. The minimum Gasteiger partial charge on any atom is -0.423 e. The maximum atomic E-state index is 8.82. The van der Waals surface area contributed by atoms with E-state index < -0.39 is 7.12 Å². The molecule has 2 nitrogen and oxygen atoms in total. The van der Waals surface area contributed by atoms with Crippen LogP contribution in [0.25, 0.3) is 0 Å². The Balaban J connectivity index is 3.08. The molecule has 0 radical (unpaired) electrons. The fourth-order valence-corrected chi connectivity index (χ4v) is 2.71. The van der Waals surface area contributed by atoms with E-state index in [9.17, 15) is 0 Å². The highest BCUT2D eigenvalue weighted by Crippen LogP contribution is 2.08. The summed E-state index contributed by atoms with van der Waals surface area (Å²) >= 11 is 4.27. The van der Waals surface area contributed by atoms with Gasteiger partial charge in [0.2, 0.25) is 0 Å². The van der Waals surface area contributed by atoms with E-state index in [0.29, 0.717) is 5.46 Å². The Bertz CT molecular complexity index is 245. The van der Waals surface area contributed by atoms with Crippen LogP contribution in [0.2, 0.25) is 0 Å². The summed E-state index contributed by atoms with van der Waals surface area (Å²) in [6.07, 6.45) is 0. The molecule has 58 valence electrons. The van der Waals surface area contributed by atoms with Crippen molar-refractivity contribution in [2.45, 2.75) is 0 Å².